The summed E-state index contributed by atoms with van der Waals surface area (Å²) in [6.45, 7) is 13.9. The lowest BCUT2D eigenvalue weighted by Crippen LogP contribution is -2.45. The van der Waals surface area contributed by atoms with Crippen LogP contribution in [0.25, 0.3) is 28.0 Å². The van der Waals surface area contributed by atoms with Gasteiger partial charge in [0.1, 0.15) is 17.4 Å². The summed E-state index contributed by atoms with van der Waals surface area (Å²) < 4.78 is 41.3. The van der Waals surface area contributed by atoms with Gasteiger partial charge in [0.2, 0.25) is 0 Å². The van der Waals surface area contributed by atoms with E-state index in [9.17, 15) is 9.18 Å². The number of fused-ring (bicyclic) bond motifs is 8. The van der Waals surface area contributed by atoms with Crippen molar-refractivity contribution < 1.29 is 28.1 Å². The summed E-state index contributed by atoms with van der Waals surface area (Å²) in [5.41, 5.74) is 3.97. The molecule has 4 aromatic rings. The van der Waals surface area contributed by atoms with Gasteiger partial charge in [-0.25, -0.2) is 14.2 Å². The van der Waals surface area contributed by atoms with Crippen molar-refractivity contribution in [2.24, 2.45) is 0 Å². The first-order valence-electron chi connectivity index (χ1n) is 17.2. The van der Waals surface area contributed by atoms with Crippen LogP contribution < -0.4 is 9.64 Å². The van der Waals surface area contributed by atoms with Crippen molar-refractivity contribution in [2.45, 2.75) is 97.1 Å². The van der Waals surface area contributed by atoms with Gasteiger partial charge < -0.3 is 23.8 Å². The lowest BCUT2D eigenvalue weighted by molar-refractivity contribution is -0.164. The van der Waals surface area contributed by atoms with Crippen molar-refractivity contribution in [3.05, 3.63) is 70.6 Å². The Balaban J connectivity index is 1.57. The third-order valence-corrected chi connectivity index (χ3v) is 10.0. The molecule has 0 spiro atoms. The molecule has 5 heterocycles. The number of halogens is 2. The Morgan fingerprint density at radius 1 is 1.12 bits per heavy atom. The number of hydrogen-bond donors (Lipinski definition) is 0. The SMILES string of the molecule is COC(=O)C(OC(C)(C)C)c1c(C)c(Cl)c2nc3cn2c1N1CCC(C)(CC1)OCCCCC(C)Oc1ccc(F)cc1-c1cccc-3c1. The summed E-state index contributed by atoms with van der Waals surface area (Å²) in [6, 6.07) is 12.5. The Kier molecular flexibility index (Phi) is 10.00. The third kappa shape index (κ3) is 7.44. The fourth-order valence-electron chi connectivity index (χ4n) is 6.88. The van der Waals surface area contributed by atoms with Gasteiger partial charge in [0.25, 0.3) is 0 Å². The van der Waals surface area contributed by atoms with E-state index in [0.29, 0.717) is 58.5 Å². The lowest BCUT2D eigenvalue weighted by atomic mass is 9.92. The molecule has 0 radical (unpaired) electrons. The second-order valence-corrected chi connectivity index (χ2v) is 14.9. The summed E-state index contributed by atoms with van der Waals surface area (Å²) in [7, 11) is 1.37. The smallest absolute Gasteiger partial charge is 0.339 e. The minimum atomic E-state index is -1.03. The Labute approximate surface area is 293 Å². The average Bonchev–Trinajstić information content (AvgIpc) is 3.51. The Bertz CT molecular complexity index is 1840. The van der Waals surface area contributed by atoms with E-state index in [4.69, 9.17) is 35.5 Å². The van der Waals surface area contributed by atoms with E-state index in [-0.39, 0.29) is 17.5 Å². The van der Waals surface area contributed by atoms with Crippen LogP contribution >= 0.6 is 11.6 Å². The fourth-order valence-corrected chi connectivity index (χ4v) is 7.12. The molecule has 2 aromatic carbocycles. The monoisotopic (exact) mass is 691 g/mol. The van der Waals surface area contributed by atoms with Crippen LogP contribution in [0.15, 0.2) is 48.7 Å². The number of carbonyl (C=O) groups excluding carboxylic acids is 1. The Hall–Kier alpha value is -3.66. The lowest BCUT2D eigenvalue weighted by Gasteiger charge is -2.42. The standard InChI is InChI=1S/C39H47ClFN3O5/c1-24-11-8-9-20-47-39(6)16-18-43(19-17-39)36-32(34(37(45)46-7)49-38(3,4)5)25(2)33(40)35-42-30(23-44(35)36)27-13-10-12-26(21-27)29-22-28(41)14-15-31(29)48-24/h10,12-15,21-24,34H,8-9,11,16-20H2,1-7H3. The maximum Gasteiger partial charge on any atom is 0.339 e. The zero-order valence-corrected chi connectivity index (χ0v) is 30.3. The number of hydrogen-bond acceptors (Lipinski definition) is 7. The molecule has 1 fully saturated rings. The molecule has 0 N–H and O–H groups in total. The molecule has 0 saturated carbocycles. The van der Waals surface area contributed by atoms with Crippen LogP contribution in [0.2, 0.25) is 5.02 Å². The Morgan fingerprint density at radius 2 is 1.86 bits per heavy atom. The van der Waals surface area contributed by atoms with Crippen molar-refractivity contribution in [2.75, 3.05) is 31.7 Å². The maximum absolute atomic E-state index is 14.7. The summed E-state index contributed by atoms with van der Waals surface area (Å²) in [5.74, 6) is 0.575. The van der Waals surface area contributed by atoms with Gasteiger partial charge in [0.05, 0.1) is 35.1 Å². The molecule has 0 aliphatic carbocycles. The van der Waals surface area contributed by atoms with Crippen LogP contribution in [0.1, 0.15) is 84.0 Å². The molecule has 10 heteroatoms. The molecule has 2 unspecified atom stereocenters. The first kappa shape index (κ1) is 35.2. The van der Waals surface area contributed by atoms with Crippen LogP contribution in [-0.2, 0) is 19.0 Å². The van der Waals surface area contributed by atoms with Gasteiger partial charge in [0, 0.05) is 42.6 Å². The van der Waals surface area contributed by atoms with Crippen molar-refractivity contribution in [3.63, 3.8) is 0 Å². The number of nitrogens with zero attached hydrogens (tertiary/aromatic N) is 3. The second kappa shape index (κ2) is 13.9. The molecule has 8 nitrogen and oxygen atoms in total. The number of ether oxygens (including phenoxy) is 4. The van der Waals surface area contributed by atoms with E-state index in [0.717, 1.165) is 49.0 Å². The topological polar surface area (TPSA) is 74.5 Å². The van der Waals surface area contributed by atoms with Crippen LogP contribution in [0.4, 0.5) is 10.2 Å². The maximum atomic E-state index is 14.7. The van der Waals surface area contributed by atoms with Crippen LogP contribution in [0, 0.1) is 12.7 Å². The number of aromatic nitrogens is 2. The van der Waals surface area contributed by atoms with Crippen molar-refractivity contribution in [3.8, 4) is 28.1 Å². The molecule has 7 rings (SSSR count). The van der Waals surface area contributed by atoms with E-state index < -0.39 is 17.7 Å². The number of benzene rings is 2. The molecule has 6 bridgehead atoms. The number of pyridine rings is 1. The predicted octanol–water partition coefficient (Wildman–Crippen LogP) is 9.13. The van der Waals surface area contributed by atoms with Gasteiger partial charge in [0.15, 0.2) is 11.8 Å². The highest BCUT2D eigenvalue weighted by Crippen LogP contribution is 2.43. The molecule has 49 heavy (non-hydrogen) atoms. The molecule has 3 aliphatic rings. The summed E-state index contributed by atoms with van der Waals surface area (Å²) in [6.07, 6.45) is 5.19. The van der Waals surface area contributed by atoms with Crippen LogP contribution in [0.3, 0.4) is 0 Å². The van der Waals surface area contributed by atoms with Gasteiger partial charge in [-0.1, -0.05) is 29.8 Å². The number of piperidine rings is 1. The highest BCUT2D eigenvalue weighted by molar-refractivity contribution is 6.34. The van der Waals surface area contributed by atoms with Gasteiger partial charge in [-0.3, -0.25) is 4.40 Å². The Morgan fingerprint density at radius 3 is 2.57 bits per heavy atom. The van der Waals surface area contributed by atoms with Crippen molar-refractivity contribution in [1.82, 2.24) is 9.38 Å². The average molecular weight is 692 g/mol. The van der Waals surface area contributed by atoms with Gasteiger partial charge in [-0.2, -0.15) is 0 Å². The summed E-state index contributed by atoms with van der Waals surface area (Å²) in [4.78, 5) is 20.8. The molecule has 3 aliphatic heterocycles. The van der Waals surface area contributed by atoms with Crippen molar-refractivity contribution in [1.29, 1.82) is 0 Å². The quantitative estimate of drug-likeness (QED) is 0.198. The third-order valence-electron chi connectivity index (χ3n) is 9.57. The number of rotatable bonds is 3. The van der Waals surface area contributed by atoms with Crippen molar-refractivity contribution >= 4 is 29.0 Å². The zero-order chi connectivity index (χ0) is 35.1. The molecule has 2 aromatic heterocycles. The van der Waals surface area contributed by atoms with E-state index in [1.165, 1.54) is 19.2 Å². The second-order valence-electron chi connectivity index (χ2n) is 14.6. The van der Waals surface area contributed by atoms with E-state index >= 15 is 0 Å². The number of imidazole rings is 1. The first-order valence-corrected chi connectivity index (χ1v) is 17.6. The highest BCUT2D eigenvalue weighted by atomic mass is 35.5. The number of carbonyl (C=O) groups is 1. The molecule has 262 valence electrons. The molecular formula is C39H47ClFN3O5. The number of methoxy groups -OCH3 is 1. The predicted molar refractivity (Wildman–Crippen MR) is 191 cm³/mol. The normalized spacial score (nSPS) is 20.9. The highest BCUT2D eigenvalue weighted by Gasteiger charge is 2.38. The van der Waals surface area contributed by atoms with Gasteiger partial charge >= 0.3 is 5.97 Å². The zero-order valence-electron chi connectivity index (χ0n) is 29.6. The van der Waals surface area contributed by atoms with Crippen LogP contribution in [-0.4, -0.2) is 59.5 Å². The summed E-state index contributed by atoms with van der Waals surface area (Å²) >= 11 is 7.14. The minimum absolute atomic E-state index is 0.0515. The van der Waals surface area contributed by atoms with E-state index in [1.807, 2.05) is 62.6 Å². The minimum Gasteiger partial charge on any atom is -0.490 e. The van der Waals surface area contributed by atoms with Crippen LogP contribution in [0.5, 0.6) is 5.75 Å². The fraction of sp³-hybridized carbons (Fsp3) is 0.487. The molecule has 1 saturated heterocycles. The van der Waals surface area contributed by atoms with E-state index in [2.05, 4.69) is 18.7 Å². The van der Waals surface area contributed by atoms with Gasteiger partial charge in [-0.15, -0.1) is 0 Å². The number of esters is 1. The number of anilines is 1. The van der Waals surface area contributed by atoms with E-state index in [1.54, 1.807) is 6.07 Å². The molecule has 0 amide bonds. The van der Waals surface area contributed by atoms with Gasteiger partial charge in [-0.05, 0) is 109 Å². The first-order chi connectivity index (χ1) is 23.3. The largest absolute Gasteiger partial charge is 0.490 e. The summed E-state index contributed by atoms with van der Waals surface area (Å²) in [5, 5.41) is 0.422. The molecular weight excluding hydrogens is 645 g/mol. The molecule has 2 atom stereocenters.